The van der Waals surface area contributed by atoms with E-state index in [-0.39, 0.29) is 6.61 Å². The van der Waals surface area contributed by atoms with Crippen molar-refractivity contribution in [1.82, 2.24) is 0 Å². The van der Waals surface area contributed by atoms with Gasteiger partial charge in [-0.2, -0.15) is 0 Å². The van der Waals surface area contributed by atoms with E-state index in [4.69, 9.17) is 16.7 Å². The summed E-state index contributed by atoms with van der Waals surface area (Å²) in [4.78, 5) is 0. The number of hydrogen-bond acceptors (Lipinski definition) is 1. The monoisotopic (exact) mass is 246 g/mol. The lowest BCUT2D eigenvalue weighted by Crippen LogP contribution is -1.77. The minimum absolute atomic E-state index is 0.0406. The van der Waals surface area contributed by atoms with Crippen molar-refractivity contribution in [2.75, 3.05) is 6.61 Å². The second-order valence-corrected chi connectivity index (χ2v) is 3.54. The van der Waals surface area contributed by atoms with Gasteiger partial charge in [0, 0.05) is 9.50 Å². The summed E-state index contributed by atoms with van der Waals surface area (Å²) in [7, 11) is 0. The van der Waals surface area contributed by atoms with Crippen LogP contribution in [0, 0.1) is 0 Å². The number of aliphatic hydroxyl groups is 1. The Morgan fingerprint density at radius 1 is 1.50 bits per heavy atom. The fraction of sp³-hybridized carbons (Fsp3) is 0.111. The van der Waals surface area contributed by atoms with Gasteiger partial charge in [-0.1, -0.05) is 39.7 Å². The van der Waals surface area contributed by atoms with Crippen LogP contribution in [0.15, 0.2) is 28.7 Å². The minimum atomic E-state index is 0.0406. The zero-order valence-electron chi connectivity index (χ0n) is 6.30. The van der Waals surface area contributed by atoms with Crippen LogP contribution in [0.5, 0.6) is 0 Å². The molecular weight excluding hydrogens is 239 g/mol. The van der Waals surface area contributed by atoms with E-state index in [1.54, 1.807) is 6.08 Å². The van der Waals surface area contributed by atoms with Crippen molar-refractivity contribution in [3.8, 4) is 0 Å². The molecule has 0 heterocycles. The third-order valence-electron chi connectivity index (χ3n) is 1.36. The molecule has 1 nitrogen and oxygen atoms in total. The Kier molecular flexibility index (Phi) is 3.79. The van der Waals surface area contributed by atoms with E-state index in [0.717, 1.165) is 10.0 Å². The van der Waals surface area contributed by atoms with E-state index in [2.05, 4.69) is 15.9 Å². The second kappa shape index (κ2) is 4.65. The minimum Gasteiger partial charge on any atom is -0.392 e. The summed E-state index contributed by atoms with van der Waals surface area (Å²) in [5.74, 6) is 0. The Balaban J connectivity index is 2.97. The maximum atomic E-state index is 8.55. The zero-order chi connectivity index (χ0) is 8.97. The van der Waals surface area contributed by atoms with Gasteiger partial charge in [0.2, 0.25) is 0 Å². The summed E-state index contributed by atoms with van der Waals surface area (Å²) in [5, 5.41) is 9.24. The van der Waals surface area contributed by atoms with Gasteiger partial charge in [-0.05, 0) is 23.8 Å². The third kappa shape index (κ3) is 2.63. The Morgan fingerprint density at radius 2 is 2.25 bits per heavy atom. The van der Waals surface area contributed by atoms with Gasteiger partial charge in [0.05, 0.1) is 6.61 Å². The molecule has 12 heavy (non-hydrogen) atoms. The first-order chi connectivity index (χ1) is 5.74. The quantitative estimate of drug-likeness (QED) is 0.851. The van der Waals surface area contributed by atoms with Crippen LogP contribution in [0.3, 0.4) is 0 Å². The van der Waals surface area contributed by atoms with Crippen molar-refractivity contribution < 1.29 is 5.11 Å². The van der Waals surface area contributed by atoms with Crippen molar-refractivity contribution in [2.45, 2.75) is 0 Å². The van der Waals surface area contributed by atoms with Crippen molar-refractivity contribution >= 4 is 33.6 Å². The van der Waals surface area contributed by atoms with E-state index in [0.29, 0.717) is 5.02 Å². The fourth-order valence-electron chi connectivity index (χ4n) is 0.822. The summed E-state index contributed by atoms with van der Waals surface area (Å²) in [6.45, 7) is 0.0406. The maximum Gasteiger partial charge on any atom is 0.0615 e. The average Bonchev–Trinajstić information content (AvgIpc) is 2.07. The molecule has 0 aliphatic heterocycles. The number of rotatable bonds is 2. The number of aliphatic hydroxyl groups excluding tert-OH is 1. The topological polar surface area (TPSA) is 20.2 Å². The van der Waals surface area contributed by atoms with Gasteiger partial charge in [-0.3, -0.25) is 0 Å². The lowest BCUT2D eigenvalue weighted by Gasteiger charge is -1.98. The molecule has 0 unspecified atom stereocenters. The highest BCUT2D eigenvalue weighted by molar-refractivity contribution is 9.10. The van der Waals surface area contributed by atoms with Crippen LogP contribution < -0.4 is 0 Å². The molecule has 64 valence electrons. The maximum absolute atomic E-state index is 8.55. The first kappa shape index (κ1) is 9.78. The Labute approximate surface area is 84.8 Å². The lowest BCUT2D eigenvalue weighted by molar-refractivity contribution is 0.343. The van der Waals surface area contributed by atoms with Crippen LogP contribution in [-0.2, 0) is 0 Å². The number of halogens is 2. The SMILES string of the molecule is OCC=Cc1cc(Cl)ccc1Br. The molecule has 3 heteroatoms. The smallest absolute Gasteiger partial charge is 0.0615 e. The Bertz CT molecular complexity index is 297. The predicted octanol–water partition coefficient (Wildman–Crippen LogP) is 3.11. The molecule has 0 aromatic heterocycles. The van der Waals surface area contributed by atoms with Crippen molar-refractivity contribution in [2.24, 2.45) is 0 Å². The fourth-order valence-corrected chi connectivity index (χ4v) is 1.38. The van der Waals surface area contributed by atoms with Crippen LogP contribution >= 0.6 is 27.5 Å². The standard InChI is InChI=1S/C9H8BrClO/c10-9-4-3-8(11)6-7(9)2-1-5-12/h1-4,6,12H,5H2. The van der Waals surface area contributed by atoms with Crippen LogP contribution in [0.4, 0.5) is 0 Å². The van der Waals surface area contributed by atoms with Gasteiger partial charge in [0.15, 0.2) is 0 Å². The summed E-state index contributed by atoms with van der Waals surface area (Å²) in [5.41, 5.74) is 0.969. The molecule has 1 N–H and O–H groups in total. The number of benzene rings is 1. The van der Waals surface area contributed by atoms with Gasteiger partial charge in [0.1, 0.15) is 0 Å². The average molecular weight is 248 g/mol. The van der Waals surface area contributed by atoms with E-state index < -0.39 is 0 Å². The molecule has 0 atom stereocenters. The molecule has 1 aromatic rings. The van der Waals surface area contributed by atoms with Crippen molar-refractivity contribution in [3.05, 3.63) is 39.3 Å². The first-order valence-corrected chi connectivity index (χ1v) is 4.63. The van der Waals surface area contributed by atoms with Crippen molar-refractivity contribution in [3.63, 3.8) is 0 Å². The van der Waals surface area contributed by atoms with Crippen LogP contribution in [0.2, 0.25) is 5.02 Å². The van der Waals surface area contributed by atoms with E-state index in [1.807, 2.05) is 24.3 Å². The number of hydrogen-bond donors (Lipinski definition) is 1. The van der Waals surface area contributed by atoms with Gasteiger partial charge in [-0.15, -0.1) is 0 Å². The van der Waals surface area contributed by atoms with E-state index >= 15 is 0 Å². The normalized spacial score (nSPS) is 10.9. The van der Waals surface area contributed by atoms with Crippen LogP contribution in [0.1, 0.15) is 5.56 Å². The molecule has 0 radical (unpaired) electrons. The summed E-state index contributed by atoms with van der Waals surface area (Å²) < 4.78 is 0.969. The molecule has 0 saturated carbocycles. The zero-order valence-corrected chi connectivity index (χ0v) is 8.64. The van der Waals surface area contributed by atoms with Crippen LogP contribution in [0.25, 0.3) is 6.08 Å². The molecule has 0 spiro atoms. The summed E-state index contributed by atoms with van der Waals surface area (Å²) >= 11 is 9.15. The molecule has 0 fully saturated rings. The van der Waals surface area contributed by atoms with Gasteiger partial charge < -0.3 is 5.11 Å². The van der Waals surface area contributed by atoms with E-state index in [1.165, 1.54) is 0 Å². The Morgan fingerprint density at radius 3 is 2.92 bits per heavy atom. The molecule has 0 aliphatic rings. The molecule has 0 bridgehead atoms. The molecule has 0 amide bonds. The van der Waals surface area contributed by atoms with Gasteiger partial charge >= 0.3 is 0 Å². The highest BCUT2D eigenvalue weighted by Crippen LogP contribution is 2.22. The molecule has 0 saturated heterocycles. The second-order valence-electron chi connectivity index (χ2n) is 2.25. The first-order valence-electron chi connectivity index (χ1n) is 3.46. The van der Waals surface area contributed by atoms with Crippen LogP contribution in [-0.4, -0.2) is 11.7 Å². The lowest BCUT2D eigenvalue weighted by atomic mass is 10.2. The summed E-state index contributed by atoms with van der Waals surface area (Å²) in [6, 6.07) is 5.51. The molecular formula is C9H8BrClO. The highest BCUT2D eigenvalue weighted by Gasteiger charge is 1.95. The predicted molar refractivity (Wildman–Crippen MR) is 55.3 cm³/mol. The van der Waals surface area contributed by atoms with Gasteiger partial charge in [-0.25, -0.2) is 0 Å². The van der Waals surface area contributed by atoms with Crippen molar-refractivity contribution in [1.29, 1.82) is 0 Å². The molecule has 1 aromatic carbocycles. The Hall–Kier alpha value is -0.310. The van der Waals surface area contributed by atoms with Gasteiger partial charge in [0.25, 0.3) is 0 Å². The highest BCUT2D eigenvalue weighted by atomic mass is 79.9. The molecule has 0 aliphatic carbocycles. The third-order valence-corrected chi connectivity index (χ3v) is 2.32. The van der Waals surface area contributed by atoms with E-state index in [9.17, 15) is 0 Å². The largest absolute Gasteiger partial charge is 0.392 e. The summed E-state index contributed by atoms with van der Waals surface area (Å²) in [6.07, 6.45) is 3.48. The molecule has 1 rings (SSSR count).